The highest BCUT2D eigenvalue weighted by Gasteiger charge is 1.98. The molecule has 0 bridgehead atoms. The predicted molar refractivity (Wildman–Crippen MR) is 82.0 cm³/mol. The number of aromatic hydroxyl groups is 1. The van der Waals surface area contributed by atoms with Gasteiger partial charge in [0.2, 0.25) is 0 Å². The van der Waals surface area contributed by atoms with Crippen LogP contribution in [0.4, 0.5) is 0 Å². The monoisotopic (exact) mass is 279 g/mol. The Morgan fingerprint density at radius 1 is 1.30 bits per heavy atom. The highest BCUT2D eigenvalue weighted by molar-refractivity contribution is 5.79. The maximum atomic E-state index is 9.41. The van der Waals surface area contributed by atoms with Gasteiger partial charge in [-0.3, -0.25) is 0 Å². The molecule has 0 saturated carbocycles. The molecule has 0 radical (unpaired) electrons. The maximum Gasteiger partial charge on any atom is 0.191 e. The summed E-state index contributed by atoms with van der Waals surface area (Å²) in [6.45, 7) is 7.72. The van der Waals surface area contributed by atoms with E-state index in [9.17, 15) is 5.11 Å². The minimum absolute atomic E-state index is 0.271. The van der Waals surface area contributed by atoms with Crippen LogP contribution >= 0.6 is 0 Å². The molecule has 5 heteroatoms. The molecule has 0 saturated heterocycles. The van der Waals surface area contributed by atoms with Crippen molar-refractivity contribution in [1.29, 1.82) is 0 Å². The van der Waals surface area contributed by atoms with Gasteiger partial charge < -0.3 is 20.5 Å². The van der Waals surface area contributed by atoms with Crippen LogP contribution in [0.2, 0.25) is 0 Å². The van der Waals surface area contributed by atoms with Gasteiger partial charge in [0.25, 0.3) is 0 Å². The van der Waals surface area contributed by atoms with Gasteiger partial charge in [-0.15, -0.1) is 0 Å². The number of benzene rings is 1. The van der Waals surface area contributed by atoms with Gasteiger partial charge in [0, 0.05) is 26.3 Å². The summed E-state index contributed by atoms with van der Waals surface area (Å²) in [7, 11) is 0. The van der Waals surface area contributed by atoms with E-state index in [1.165, 1.54) is 0 Å². The number of guanidine groups is 1. The highest BCUT2D eigenvalue weighted by atomic mass is 16.5. The van der Waals surface area contributed by atoms with Gasteiger partial charge >= 0.3 is 0 Å². The van der Waals surface area contributed by atoms with E-state index in [0.29, 0.717) is 6.54 Å². The average molecular weight is 279 g/mol. The number of nitrogens with zero attached hydrogens (tertiary/aromatic N) is 1. The van der Waals surface area contributed by atoms with E-state index in [1.54, 1.807) is 12.1 Å². The van der Waals surface area contributed by atoms with Crippen molar-refractivity contribution in [3.05, 3.63) is 29.8 Å². The van der Waals surface area contributed by atoms with Gasteiger partial charge in [-0.1, -0.05) is 12.1 Å². The Kier molecular flexibility index (Phi) is 8.22. The minimum Gasteiger partial charge on any atom is -0.508 e. The lowest BCUT2D eigenvalue weighted by atomic mass is 10.2. The fourth-order valence-electron chi connectivity index (χ4n) is 1.69. The lowest BCUT2D eigenvalue weighted by Gasteiger charge is -2.11. The molecule has 1 aromatic rings. The lowest BCUT2D eigenvalue weighted by molar-refractivity contribution is 0.145. The number of nitrogens with one attached hydrogen (secondary N) is 2. The van der Waals surface area contributed by atoms with Crippen LogP contribution in [0.3, 0.4) is 0 Å². The zero-order valence-electron chi connectivity index (χ0n) is 12.4. The highest BCUT2D eigenvalue weighted by Crippen LogP contribution is 2.11. The number of hydrogen-bond donors (Lipinski definition) is 3. The number of phenolic OH excluding ortho intramolecular Hbond substituents is 1. The summed E-state index contributed by atoms with van der Waals surface area (Å²) >= 11 is 0. The lowest BCUT2D eigenvalue weighted by Crippen LogP contribution is -2.38. The number of rotatable bonds is 8. The molecular formula is C15H25N3O2. The van der Waals surface area contributed by atoms with E-state index in [1.807, 2.05) is 26.0 Å². The summed E-state index contributed by atoms with van der Waals surface area (Å²) in [5, 5.41) is 15.9. The third-order valence-corrected chi connectivity index (χ3v) is 2.64. The molecule has 0 heterocycles. The van der Waals surface area contributed by atoms with E-state index >= 15 is 0 Å². The van der Waals surface area contributed by atoms with Crippen molar-refractivity contribution in [3.8, 4) is 5.75 Å². The molecule has 0 aromatic heterocycles. The van der Waals surface area contributed by atoms with Crippen LogP contribution < -0.4 is 10.6 Å². The smallest absolute Gasteiger partial charge is 0.191 e. The van der Waals surface area contributed by atoms with Crippen molar-refractivity contribution in [3.63, 3.8) is 0 Å². The van der Waals surface area contributed by atoms with Gasteiger partial charge in [0.1, 0.15) is 5.75 Å². The second kappa shape index (κ2) is 10.1. The summed E-state index contributed by atoms with van der Waals surface area (Å²) in [6, 6.07) is 7.15. The first-order valence-electron chi connectivity index (χ1n) is 7.14. The van der Waals surface area contributed by atoms with Crippen molar-refractivity contribution in [1.82, 2.24) is 10.6 Å². The topological polar surface area (TPSA) is 65.9 Å². The van der Waals surface area contributed by atoms with Gasteiger partial charge in [-0.2, -0.15) is 0 Å². The molecule has 0 atom stereocenters. The number of aliphatic imine (C=N–C) groups is 1. The van der Waals surface area contributed by atoms with Crippen LogP contribution in [-0.2, 0) is 11.3 Å². The summed E-state index contributed by atoms with van der Waals surface area (Å²) in [6.07, 6.45) is 0.949. The molecular weight excluding hydrogens is 254 g/mol. The first-order chi connectivity index (χ1) is 9.76. The Labute approximate surface area is 121 Å². The third-order valence-electron chi connectivity index (χ3n) is 2.64. The van der Waals surface area contributed by atoms with Crippen molar-refractivity contribution >= 4 is 5.96 Å². The van der Waals surface area contributed by atoms with E-state index < -0.39 is 0 Å². The molecule has 0 aliphatic rings. The molecule has 20 heavy (non-hydrogen) atoms. The Morgan fingerprint density at radius 2 is 2.15 bits per heavy atom. The van der Waals surface area contributed by atoms with Crippen molar-refractivity contribution < 1.29 is 9.84 Å². The molecule has 1 rings (SSSR count). The minimum atomic E-state index is 0.271. The first kappa shape index (κ1) is 16.3. The zero-order chi connectivity index (χ0) is 14.6. The van der Waals surface area contributed by atoms with Crippen LogP contribution in [0, 0.1) is 0 Å². The van der Waals surface area contributed by atoms with Crippen LogP contribution in [0.25, 0.3) is 0 Å². The molecule has 0 amide bonds. The third kappa shape index (κ3) is 6.99. The summed E-state index contributed by atoms with van der Waals surface area (Å²) in [5.74, 6) is 1.06. The Morgan fingerprint density at radius 3 is 2.85 bits per heavy atom. The molecule has 0 unspecified atom stereocenters. The normalized spacial score (nSPS) is 11.4. The second-order valence-corrected chi connectivity index (χ2v) is 4.34. The predicted octanol–water partition coefficient (Wildman–Crippen LogP) is 1.87. The van der Waals surface area contributed by atoms with Gasteiger partial charge in [0.05, 0.1) is 6.54 Å². The number of phenols is 1. The van der Waals surface area contributed by atoms with Gasteiger partial charge in [0.15, 0.2) is 5.96 Å². The molecule has 0 spiro atoms. The second-order valence-electron chi connectivity index (χ2n) is 4.34. The number of hydrogen-bond acceptors (Lipinski definition) is 3. The summed E-state index contributed by atoms with van der Waals surface area (Å²) in [5.41, 5.74) is 0.983. The quantitative estimate of drug-likeness (QED) is 0.386. The number of ether oxygens (including phenoxy) is 1. The SMILES string of the molecule is CCNC(=NCc1cccc(O)c1)NCCCOCC. The fraction of sp³-hybridized carbons (Fsp3) is 0.533. The molecule has 0 fully saturated rings. The Balaban J connectivity index is 2.41. The van der Waals surface area contributed by atoms with Gasteiger partial charge in [-0.05, 0) is 38.0 Å². The van der Waals surface area contributed by atoms with Crippen LogP contribution in [0.1, 0.15) is 25.8 Å². The summed E-state index contributed by atoms with van der Waals surface area (Å²) in [4.78, 5) is 4.49. The maximum absolute atomic E-state index is 9.41. The van der Waals surface area contributed by atoms with Crippen LogP contribution in [0.15, 0.2) is 29.3 Å². The van der Waals surface area contributed by atoms with Crippen molar-refractivity contribution in [2.75, 3.05) is 26.3 Å². The largest absolute Gasteiger partial charge is 0.508 e. The molecule has 112 valence electrons. The molecule has 5 nitrogen and oxygen atoms in total. The molecule has 0 aliphatic carbocycles. The van der Waals surface area contributed by atoms with Crippen LogP contribution in [0.5, 0.6) is 5.75 Å². The Bertz CT molecular complexity index is 408. The average Bonchev–Trinajstić information content (AvgIpc) is 2.44. The zero-order valence-corrected chi connectivity index (χ0v) is 12.4. The van der Waals surface area contributed by atoms with E-state index in [4.69, 9.17) is 4.74 Å². The first-order valence-corrected chi connectivity index (χ1v) is 7.14. The van der Waals surface area contributed by atoms with E-state index in [-0.39, 0.29) is 5.75 Å². The van der Waals surface area contributed by atoms with E-state index in [0.717, 1.165) is 44.2 Å². The standard InChI is InChI=1S/C15H25N3O2/c1-3-16-15(17-9-6-10-20-4-2)18-12-13-7-5-8-14(19)11-13/h5,7-8,11,19H,3-4,6,9-10,12H2,1-2H3,(H2,16,17,18). The molecule has 0 aliphatic heterocycles. The van der Waals surface area contributed by atoms with Crippen molar-refractivity contribution in [2.24, 2.45) is 4.99 Å². The van der Waals surface area contributed by atoms with Crippen molar-refractivity contribution in [2.45, 2.75) is 26.8 Å². The molecule has 1 aromatic carbocycles. The molecule has 3 N–H and O–H groups in total. The van der Waals surface area contributed by atoms with Gasteiger partial charge in [-0.25, -0.2) is 4.99 Å². The van der Waals surface area contributed by atoms with Crippen LogP contribution in [-0.4, -0.2) is 37.4 Å². The van der Waals surface area contributed by atoms with E-state index in [2.05, 4.69) is 15.6 Å². The Hall–Kier alpha value is -1.75. The fourth-order valence-corrected chi connectivity index (χ4v) is 1.69. The summed E-state index contributed by atoms with van der Waals surface area (Å²) < 4.78 is 5.29.